The van der Waals surface area contributed by atoms with Crippen molar-refractivity contribution in [2.75, 3.05) is 11.1 Å². The Morgan fingerprint density at radius 1 is 1.14 bits per heavy atom. The van der Waals surface area contributed by atoms with Crippen LogP contribution in [0.5, 0.6) is 5.75 Å². The Kier molecular flexibility index (Phi) is 4.33. The molecule has 0 saturated heterocycles. The topological polar surface area (TPSA) is 90.4 Å². The fourth-order valence-corrected chi connectivity index (χ4v) is 1.87. The Morgan fingerprint density at radius 3 is 2.33 bits per heavy atom. The minimum atomic E-state index is -0.497. The molecule has 0 saturated carbocycles. The third-order valence-corrected chi connectivity index (χ3v) is 2.84. The van der Waals surface area contributed by atoms with Crippen LogP contribution in [0.2, 0.25) is 0 Å². The molecule has 0 radical (unpaired) electrons. The summed E-state index contributed by atoms with van der Waals surface area (Å²) in [5.41, 5.74) is 13.6. The lowest BCUT2D eigenvalue weighted by molar-refractivity contribution is 0.100. The van der Waals surface area contributed by atoms with Crippen LogP contribution in [0.3, 0.4) is 0 Å². The van der Waals surface area contributed by atoms with E-state index in [-0.39, 0.29) is 6.10 Å². The van der Waals surface area contributed by atoms with Crippen molar-refractivity contribution < 1.29 is 9.53 Å². The molecule has 0 spiro atoms. The predicted octanol–water partition coefficient (Wildman–Crippen LogP) is 2.90. The summed E-state index contributed by atoms with van der Waals surface area (Å²) in [5.74, 6) is 0.316. The van der Waals surface area contributed by atoms with Crippen LogP contribution in [0.4, 0.5) is 17.1 Å². The van der Waals surface area contributed by atoms with Crippen LogP contribution >= 0.6 is 0 Å². The zero-order chi connectivity index (χ0) is 15.4. The maximum atomic E-state index is 11.1. The molecular formula is C16H19N3O2. The van der Waals surface area contributed by atoms with Gasteiger partial charge in [0.25, 0.3) is 0 Å². The van der Waals surface area contributed by atoms with Crippen molar-refractivity contribution in [2.24, 2.45) is 5.73 Å². The van der Waals surface area contributed by atoms with Crippen LogP contribution in [-0.2, 0) is 0 Å². The van der Waals surface area contributed by atoms with Gasteiger partial charge in [0.2, 0.25) is 5.91 Å². The molecule has 1 amide bonds. The van der Waals surface area contributed by atoms with Gasteiger partial charge in [0.15, 0.2) is 0 Å². The number of rotatable bonds is 5. The molecule has 2 aromatic rings. The largest absolute Gasteiger partial charge is 0.491 e. The number of nitrogens with two attached hydrogens (primary N) is 2. The molecule has 0 aliphatic carbocycles. The maximum absolute atomic E-state index is 11.1. The van der Waals surface area contributed by atoms with E-state index in [0.29, 0.717) is 11.3 Å². The minimum Gasteiger partial charge on any atom is -0.491 e. The van der Waals surface area contributed by atoms with E-state index in [1.165, 1.54) is 0 Å². The standard InChI is InChI=1S/C16H19N3O2/c1-10(2)21-13-6-4-12(5-7-13)19-15-8-3-11(16(18)20)9-14(15)17/h3-10,19H,17H2,1-2H3,(H2,18,20). The molecule has 5 nitrogen and oxygen atoms in total. The second kappa shape index (κ2) is 6.17. The highest BCUT2D eigenvalue weighted by atomic mass is 16.5. The summed E-state index contributed by atoms with van der Waals surface area (Å²) < 4.78 is 5.58. The van der Waals surface area contributed by atoms with Crippen LogP contribution in [0.25, 0.3) is 0 Å². The number of nitrogens with one attached hydrogen (secondary N) is 1. The van der Waals surface area contributed by atoms with E-state index >= 15 is 0 Å². The summed E-state index contributed by atoms with van der Waals surface area (Å²) in [6.07, 6.45) is 0.140. The smallest absolute Gasteiger partial charge is 0.248 e. The van der Waals surface area contributed by atoms with E-state index in [1.807, 2.05) is 38.1 Å². The first kappa shape index (κ1) is 14.7. The van der Waals surface area contributed by atoms with Crippen LogP contribution in [0, 0.1) is 0 Å². The molecule has 0 fully saturated rings. The first-order valence-electron chi connectivity index (χ1n) is 6.69. The van der Waals surface area contributed by atoms with E-state index in [2.05, 4.69) is 5.32 Å². The Hall–Kier alpha value is -2.69. The lowest BCUT2D eigenvalue weighted by atomic mass is 10.1. The van der Waals surface area contributed by atoms with E-state index in [1.54, 1.807) is 18.2 Å². The molecule has 5 heteroatoms. The van der Waals surface area contributed by atoms with Gasteiger partial charge in [0.1, 0.15) is 5.75 Å². The highest BCUT2D eigenvalue weighted by molar-refractivity contribution is 5.95. The van der Waals surface area contributed by atoms with Crippen LogP contribution in [-0.4, -0.2) is 12.0 Å². The number of ether oxygens (including phenoxy) is 1. The van der Waals surface area contributed by atoms with Gasteiger partial charge in [0.05, 0.1) is 17.5 Å². The Balaban J connectivity index is 2.13. The van der Waals surface area contributed by atoms with Gasteiger partial charge in [-0.1, -0.05) is 0 Å². The molecule has 0 aliphatic heterocycles. The lowest BCUT2D eigenvalue weighted by Crippen LogP contribution is -2.11. The normalized spacial score (nSPS) is 10.4. The average Bonchev–Trinajstić information content (AvgIpc) is 2.42. The maximum Gasteiger partial charge on any atom is 0.248 e. The first-order chi connectivity index (χ1) is 9.95. The quantitative estimate of drug-likeness (QED) is 0.737. The van der Waals surface area contributed by atoms with Crippen molar-refractivity contribution in [1.82, 2.24) is 0 Å². The molecule has 0 aliphatic rings. The van der Waals surface area contributed by atoms with Crippen LogP contribution < -0.4 is 21.5 Å². The second-order valence-electron chi connectivity index (χ2n) is 4.98. The zero-order valence-electron chi connectivity index (χ0n) is 12.1. The average molecular weight is 285 g/mol. The molecule has 0 atom stereocenters. The van der Waals surface area contributed by atoms with E-state index in [9.17, 15) is 4.79 Å². The fourth-order valence-electron chi connectivity index (χ4n) is 1.87. The molecule has 0 aromatic heterocycles. The summed E-state index contributed by atoms with van der Waals surface area (Å²) in [7, 11) is 0. The van der Waals surface area contributed by atoms with Crippen molar-refractivity contribution in [3.63, 3.8) is 0 Å². The van der Waals surface area contributed by atoms with Crippen molar-refractivity contribution >= 4 is 23.0 Å². The summed E-state index contributed by atoms with van der Waals surface area (Å²) in [5, 5.41) is 3.19. The Bertz CT molecular complexity index is 636. The number of anilines is 3. The van der Waals surface area contributed by atoms with Gasteiger partial charge in [-0.2, -0.15) is 0 Å². The van der Waals surface area contributed by atoms with Gasteiger partial charge in [-0.25, -0.2) is 0 Å². The number of carbonyl (C=O) groups excluding carboxylic acids is 1. The summed E-state index contributed by atoms with van der Waals surface area (Å²) >= 11 is 0. The highest BCUT2D eigenvalue weighted by Crippen LogP contribution is 2.25. The Morgan fingerprint density at radius 2 is 1.81 bits per heavy atom. The van der Waals surface area contributed by atoms with Gasteiger partial charge in [0, 0.05) is 11.3 Å². The predicted molar refractivity (Wildman–Crippen MR) is 84.9 cm³/mol. The van der Waals surface area contributed by atoms with Crippen LogP contribution in [0.1, 0.15) is 24.2 Å². The number of benzene rings is 2. The van der Waals surface area contributed by atoms with E-state index in [4.69, 9.17) is 16.2 Å². The van der Waals surface area contributed by atoms with Crippen molar-refractivity contribution in [3.8, 4) is 5.75 Å². The molecule has 0 unspecified atom stereocenters. The third-order valence-electron chi connectivity index (χ3n) is 2.84. The molecule has 2 rings (SSSR count). The van der Waals surface area contributed by atoms with Gasteiger partial charge in [-0.05, 0) is 56.3 Å². The lowest BCUT2D eigenvalue weighted by Gasteiger charge is -2.12. The molecule has 2 aromatic carbocycles. The van der Waals surface area contributed by atoms with Crippen molar-refractivity contribution in [3.05, 3.63) is 48.0 Å². The molecule has 0 bridgehead atoms. The number of amides is 1. The highest BCUT2D eigenvalue weighted by Gasteiger charge is 2.05. The molecule has 0 heterocycles. The number of primary amides is 1. The second-order valence-corrected chi connectivity index (χ2v) is 4.98. The summed E-state index contributed by atoms with van der Waals surface area (Å²) in [6, 6.07) is 12.5. The van der Waals surface area contributed by atoms with Crippen molar-refractivity contribution in [1.29, 1.82) is 0 Å². The zero-order valence-corrected chi connectivity index (χ0v) is 12.1. The van der Waals surface area contributed by atoms with Gasteiger partial charge >= 0.3 is 0 Å². The summed E-state index contributed by atoms with van der Waals surface area (Å²) in [4.78, 5) is 11.1. The number of nitrogen functional groups attached to an aromatic ring is 1. The fraction of sp³-hybridized carbons (Fsp3) is 0.188. The van der Waals surface area contributed by atoms with Gasteiger partial charge in [-0.3, -0.25) is 4.79 Å². The monoisotopic (exact) mass is 285 g/mol. The van der Waals surface area contributed by atoms with Crippen LogP contribution in [0.15, 0.2) is 42.5 Å². The summed E-state index contributed by atoms with van der Waals surface area (Å²) in [6.45, 7) is 3.96. The number of carbonyl (C=O) groups is 1. The molecule has 21 heavy (non-hydrogen) atoms. The number of hydrogen-bond acceptors (Lipinski definition) is 4. The minimum absolute atomic E-state index is 0.140. The van der Waals surface area contributed by atoms with Gasteiger partial charge in [-0.15, -0.1) is 0 Å². The Labute approximate surface area is 123 Å². The van der Waals surface area contributed by atoms with E-state index in [0.717, 1.165) is 17.1 Å². The third kappa shape index (κ3) is 3.89. The molecule has 110 valence electrons. The van der Waals surface area contributed by atoms with Gasteiger partial charge < -0.3 is 21.5 Å². The van der Waals surface area contributed by atoms with Crippen molar-refractivity contribution in [2.45, 2.75) is 20.0 Å². The van der Waals surface area contributed by atoms with E-state index < -0.39 is 5.91 Å². The number of hydrogen-bond donors (Lipinski definition) is 3. The SMILES string of the molecule is CC(C)Oc1ccc(Nc2ccc(C(N)=O)cc2N)cc1. The molecule has 5 N–H and O–H groups in total. The first-order valence-corrected chi connectivity index (χ1v) is 6.69. The molecular weight excluding hydrogens is 266 g/mol.